The van der Waals surface area contributed by atoms with E-state index in [9.17, 15) is 10.1 Å². The second kappa shape index (κ2) is 5.22. The highest BCUT2D eigenvalue weighted by Crippen LogP contribution is 2.28. The molecule has 0 spiro atoms. The van der Waals surface area contributed by atoms with E-state index in [1.54, 1.807) is 19.2 Å². The number of benzene rings is 1. The molecule has 98 valence electrons. The van der Waals surface area contributed by atoms with Gasteiger partial charge < -0.3 is 15.8 Å². The number of nitrogens with zero attached hydrogens (tertiary/aromatic N) is 1. The zero-order valence-corrected chi connectivity index (χ0v) is 10.3. The van der Waals surface area contributed by atoms with Gasteiger partial charge in [0.05, 0.1) is 17.1 Å². The van der Waals surface area contributed by atoms with Crippen LogP contribution in [0.3, 0.4) is 0 Å². The van der Waals surface area contributed by atoms with Crippen LogP contribution in [0.4, 0.5) is 17.1 Å². The third-order valence-corrected chi connectivity index (χ3v) is 3.33. The number of nitrogens with one attached hydrogen (secondary N) is 1. The van der Waals surface area contributed by atoms with Crippen molar-refractivity contribution in [1.29, 1.82) is 0 Å². The summed E-state index contributed by atoms with van der Waals surface area (Å²) >= 11 is 0. The monoisotopic (exact) mass is 251 g/mol. The van der Waals surface area contributed by atoms with Crippen LogP contribution in [0.5, 0.6) is 0 Å². The van der Waals surface area contributed by atoms with Crippen molar-refractivity contribution >= 4 is 17.1 Å². The van der Waals surface area contributed by atoms with Crippen LogP contribution < -0.4 is 11.1 Å². The number of rotatable bonds is 4. The molecular formula is C12H17N3O3. The van der Waals surface area contributed by atoms with Gasteiger partial charge in [-0.05, 0) is 31.4 Å². The first-order valence-electron chi connectivity index (χ1n) is 5.95. The fraction of sp³-hybridized carbons (Fsp3) is 0.500. The van der Waals surface area contributed by atoms with E-state index in [4.69, 9.17) is 10.5 Å². The van der Waals surface area contributed by atoms with Crippen molar-refractivity contribution in [2.45, 2.75) is 31.4 Å². The standard InChI is InChI=1S/C12H17N3O3/c1-18-12-4-2-3-10(12)14-8-5-6-11(15(16)17)9(13)7-8/h5-7,10,12,14H,2-4,13H2,1H3. The normalized spacial score (nSPS) is 22.9. The van der Waals surface area contributed by atoms with E-state index in [1.807, 2.05) is 0 Å². The second-order valence-electron chi connectivity index (χ2n) is 4.49. The predicted octanol–water partition coefficient (Wildman–Crippen LogP) is 2.16. The van der Waals surface area contributed by atoms with Crippen molar-refractivity contribution in [3.63, 3.8) is 0 Å². The molecule has 2 rings (SSSR count). The number of anilines is 2. The fourth-order valence-corrected chi connectivity index (χ4v) is 2.40. The lowest BCUT2D eigenvalue weighted by atomic mass is 10.2. The maximum absolute atomic E-state index is 10.7. The largest absolute Gasteiger partial charge is 0.393 e. The van der Waals surface area contributed by atoms with Gasteiger partial charge in [-0.2, -0.15) is 0 Å². The Morgan fingerprint density at radius 2 is 2.28 bits per heavy atom. The summed E-state index contributed by atoms with van der Waals surface area (Å²) in [4.78, 5) is 10.2. The molecule has 0 amide bonds. The van der Waals surface area contributed by atoms with Crippen LogP contribution >= 0.6 is 0 Å². The average Bonchev–Trinajstić information content (AvgIpc) is 2.76. The summed E-state index contributed by atoms with van der Waals surface area (Å²) in [5.74, 6) is 0. The number of ether oxygens (including phenoxy) is 1. The van der Waals surface area contributed by atoms with Gasteiger partial charge in [-0.3, -0.25) is 10.1 Å². The molecule has 1 aromatic rings. The predicted molar refractivity (Wildman–Crippen MR) is 69.6 cm³/mol. The lowest BCUT2D eigenvalue weighted by Crippen LogP contribution is -2.29. The van der Waals surface area contributed by atoms with Gasteiger partial charge in [0.1, 0.15) is 5.69 Å². The van der Waals surface area contributed by atoms with Crippen LogP contribution in [0.2, 0.25) is 0 Å². The highest BCUT2D eigenvalue weighted by Gasteiger charge is 2.27. The first-order valence-corrected chi connectivity index (χ1v) is 5.95. The van der Waals surface area contributed by atoms with Gasteiger partial charge in [-0.25, -0.2) is 0 Å². The second-order valence-corrected chi connectivity index (χ2v) is 4.49. The maximum Gasteiger partial charge on any atom is 0.292 e. The smallest absolute Gasteiger partial charge is 0.292 e. The Morgan fingerprint density at radius 3 is 2.89 bits per heavy atom. The first-order chi connectivity index (χ1) is 8.61. The van der Waals surface area contributed by atoms with Crippen molar-refractivity contribution in [2.75, 3.05) is 18.2 Å². The molecule has 6 nitrogen and oxygen atoms in total. The first kappa shape index (κ1) is 12.6. The molecule has 18 heavy (non-hydrogen) atoms. The van der Waals surface area contributed by atoms with Crippen molar-refractivity contribution in [1.82, 2.24) is 0 Å². The van der Waals surface area contributed by atoms with Gasteiger partial charge in [0, 0.05) is 18.9 Å². The molecule has 6 heteroatoms. The Balaban J connectivity index is 2.10. The molecular weight excluding hydrogens is 234 g/mol. The summed E-state index contributed by atoms with van der Waals surface area (Å²) in [7, 11) is 1.70. The van der Waals surface area contributed by atoms with Crippen molar-refractivity contribution in [2.24, 2.45) is 0 Å². The molecule has 0 aromatic heterocycles. The van der Waals surface area contributed by atoms with Crippen molar-refractivity contribution in [3.05, 3.63) is 28.3 Å². The Morgan fingerprint density at radius 1 is 1.50 bits per heavy atom. The minimum atomic E-state index is -0.480. The Hall–Kier alpha value is -1.82. The highest BCUT2D eigenvalue weighted by atomic mass is 16.6. The van der Waals surface area contributed by atoms with E-state index in [2.05, 4.69) is 5.32 Å². The number of nitro groups is 1. The number of nitro benzene ring substituents is 1. The number of nitrogens with two attached hydrogens (primary N) is 1. The molecule has 2 unspecified atom stereocenters. The molecule has 0 radical (unpaired) electrons. The van der Waals surface area contributed by atoms with Crippen LogP contribution in [0.15, 0.2) is 18.2 Å². The molecule has 0 aliphatic heterocycles. The quantitative estimate of drug-likeness (QED) is 0.486. The molecule has 1 aliphatic rings. The van der Waals surface area contributed by atoms with Crippen LogP contribution in [0.25, 0.3) is 0 Å². The molecule has 1 aromatic carbocycles. The van der Waals surface area contributed by atoms with Gasteiger partial charge in [-0.15, -0.1) is 0 Å². The molecule has 0 saturated heterocycles. The third-order valence-electron chi connectivity index (χ3n) is 3.33. The van der Waals surface area contributed by atoms with E-state index in [-0.39, 0.29) is 23.5 Å². The average molecular weight is 251 g/mol. The summed E-state index contributed by atoms with van der Waals surface area (Å²) in [6, 6.07) is 4.95. The molecule has 0 heterocycles. The van der Waals surface area contributed by atoms with E-state index < -0.39 is 4.92 Å². The topological polar surface area (TPSA) is 90.4 Å². The summed E-state index contributed by atoms with van der Waals surface area (Å²) in [5.41, 5.74) is 6.57. The lowest BCUT2D eigenvalue weighted by Gasteiger charge is -2.20. The van der Waals surface area contributed by atoms with E-state index in [1.165, 1.54) is 6.07 Å². The van der Waals surface area contributed by atoms with Crippen molar-refractivity contribution in [3.8, 4) is 0 Å². The number of hydrogen-bond donors (Lipinski definition) is 2. The molecule has 1 saturated carbocycles. The molecule has 2 atom stereocenters. The molecule has 0 bridgehead atoms. The van der Waals surface area contributed by atoms with Crippen LogP contribution in [-0.4, -0.2) is 24.2 Å². The minimum absolute atomic E-state index is 0.0599. The van der Waals surface area contributed by atoms with Crippen molar-refractivity contribution < 1.29 is 9.66 Å². The Kier molecular flexibility index (Phi) is 3.66. The summed E-state index contributed by atoms with van der Waals surface area (Å²) in [5, 5.41) is 14.0. The SMILES string of the molecule is COC1CCCC1Nc1ccc([N+](=O)[O-])c(N)c1. The fourth-order valence-electron chi connectivity index (χ4n) is 2.40. The number of methoxy groups -OCH3 is 1. The molecule has 3 N–H and O–H groups in total. The Bertz CT molecular complexity index is 450. The number of hydrogen-bond acceptors (Lipinski definition) is 5. The zero-order valence-electron chi connectivity index (χ0n) is 10.3. The van der Waals surface area contributed by atoms with E-state index in [0.29, 0.717) is 0 Å². The van der Waals surface area contributed by atoms with E-state index >= 15 is 0 Å². The van der Waals surface area contributed by atoms with Gasteiger partial charge in [0.15, 0.2) is 0 Å². The van der Waals surface area contributed by atoms with Gasteiger partial charge in [0.2, 0.25) is 0 Å². The lowest BCUT2D eigenvalue weighted by molar-refractivity contribution is -0.383. The van der Waals surface area contributed by atoms with Gasteiger partial charge in [0.25, 0.3) is 5.69 Å². The van der Waals surface area contributed by atoms with E-state index in [0.717, 1.165) is 24.9 Å². The molecule has 1 aliphatic carbocycles. The van der Waals surface area contributed by atoms with Gasteiger partial charge >= 0.3 is 0 Å². The summed E-state index contributed by atoms with van der Waals surface area (Å²) in [6.07, 6.45) is 3.39. The molecule has 1 fully saturated rings. The summed E-state index contributed by atoms with van der Waals surface area (Å²) < 4.78 is 5.39. The minimum Gasteiger partial charge on any atom is -0.393 e. The zero-order chi connectivity index (χ0) is 13.1. The maximum atomic E-state index is 10.7. The van der Waals surface area contributed by atoms with Crippen LogP contribution in [0.1, 0.15) is 19.3 Å². The van der Waals surface area contributed by atoms with Crippen LogP contribution in [-0.2, 0) is 4.74 Å². The third kappa shape index (κ3) is 2.53. The summed E-state index contributed by atoms with van der Waals surface area (Å²) in [6.45, 7) is 0. The van der Waals surface area contributed by atoms with Gasteiger partial charge in [-0.1, -0.05) is 0 Å². The Labute approximate surface area is 105 Å². The van der Waals surface area contributed by atoms with Crippen LogP contribution in [0, 0.1) is 10.1 Å². The number of nitrogen functional groups attached to an aromatic ring is 1. The highest BCUT2D eigenvalue weighted by molar-refractivity contribution is 5.66.